The molecule has 0 spiro atoms. The number of pyridine rings is 1. The molecule has 0 N–H and O–H groups in total. The van der Waals surface area contributed by atoms with Crippen LogP contribution < -0.4 is 4.90 Å². The third-order valence-electron chi connectivity index (χ3n) is 4.99. The Hall–Kier alpha value is -2.17. The predicted octanol–water partition coefficient (Wildman–Crippen LogP) is 3.34. The fourth-order valence-electron chi connectivity index (χ4n) is 3.65. The Bertz CT molecular complexity index is 751. The van der Waals surface area contributed by atoms with E-state index in [0.29, 0.717) is 0 Å². The molecule has 0 amide bonds. The van der Waals surface area contributed by atoms with Crippen molar-refractivity contribution >= 4 is 11.4 Å². The summed E-state index contributed by atoms with van der Waals surface area (Å²) in [7, 11) is 0. The van der Waals surface area contributed by atoms with Gasteiger partial charge in [-0.25, -0.2) is 4.98 Å². The number of hydrogen-bond acceptors (Lipinski definition) is 4. The van der Waals surface area contributed by atoms with Crippen LogP contribution in [0.3, 0.4) is 0 Å². The standard InChI is InChI=1S/C21H25N3O/c1-2-18-15-23(14-17-6-4-3-5-7-17)16-19-8-9-20(22-21(18)19)24-10-12-25-13-11-24/h2-9H,10-16H2,1H3. The number of ether oxygens (including phenoxy) is 1. The summed E-state index contributed by atoms with van der Waals surface area (Å²) in [5.74, 6) is 1.08. The van der Waals surface area contributed by atoms with Gasteiger partial charge in [-0.15, -0.1) is 0 Å². The highest BCUT2D eigenvalue weighted by molar-refractivity contribution is 5.69. The molecule has 4 nitrogen and oxygen atoms in total. The highest BCUT2D eigenvalue weighted by Crippen LogP contribution is 2.29. The molecule has 25 heavy (non-hydrogen) atoms. The van der Waals surface area contributed by atoms with E-state index in [9.17, 15) is 0 Å². The van der Waals surface area contributed by atoms with Crippen LogP contribution in [-0.2, 0) is 17.8 Å². The summed E-state index contributed by atoms with van der Waals surface area (Å²) in [5, 5.41) is 0. The summed E-state index contributed by atoms with van der Waals surface area (Å²) >= 11 is 0. The maximum atomic E-state index is 5.46. The van der Waals surface area contributed by atoms with Crippen molar-refractivity contribution < 1.29 is 4.74 Å². The topological polar surface area (TPSA) is 28.6 Å². The lowest BCUT2D eigenvalue weighted by molar-refractivity contribution is 0.122. The maximum Gasteiger partial charge on any atom is 0.129 e. The second-order valence-corrected chi connectivity index (χ2v) is 6.72. The predicted molar refractivity (Wildman–Crippen MR) is 101 cm³/mol. The van der Waals surface area contributed by atoms with Gasteiger partial charge in [0.25, 0.3) is 0 Å². The van der Waals surface area contributed by atoms with E-state index in [-0.39, 0.29) is 0 Å². The first-order valence-electron chi connectivity index (χ1n) is 9.08. The monoisotopic (exact) mass is 335 g/mol. The van der Waals surface area contributed by atoms with Gasteiger partial charge in [0, 0.05) is 32.7 Å². The molecule has 0 aliphatic carbocycles. The summed E-state index contributed by atoms with van der Waals surface area (Å²) in [6.45, 7) is 8.45. The Morgan fingerprint density at radius 3 is 2.60 bits per heavy atom. The molecular formula is C21H25N3O. The van der Waals surface area contributed by atoms with Crippen molar-refractivity contribution in [2.45, 2.75) is 20.0 Å². The number of aromatic nitrogens is 1. The molecule has 3 heterocycles. The first kappa shape index (κ1) is 16.3. The minimum absolute atomic E-state index is 0.792. The molecule has 0 radical (unpaired) electrons. The van der Waals surface area contributed by atoms with Gasteiger partial charge in [0.15, 0.2) is 0 Å². The Labute approximate surface area is 149 Å². The number of hydrogen-bond donors (Lipinski definition) is 0. The van der Waals surface area contributed by atoms with Crippen molar-refractivity contribution in [3.05, 3.63) is 65.4 Å². The molecule has 0 atom stereocenters. The van der Waals surface area contributed by atoms with Crippen LogP contribution in [0.4, 0.5) is 5.82 Å². The van der Waals surface area contributed by atoms with Gasteiger partial charge in [0.2, 0.25) is 0 Å². The van der Waals surface area contributed by atoms with E-state index < -0.39 is 0 Å². The Morgan fingerprint density at radius 2 is 1.84 bits per heavy atom. The smallest absolute Gasteiger partial charge is 0.129 e. The van der Waals surface area contributed by atoms with E-state index in [4.69, 9.17) is 9.72 Å². The van der Waals surface area contributed by atoms with Crippen molar-refractivity contribution in [3.63, 3.8) is 0 Å². The van der Waals surface area contributed by atoms with Crippen molar-refractivity contribution in [2.75, 3.05) is 37.7 Å². The molecule has 0 saturated carbocycles. The molecule has 2 aromatic rings. The summed E-state index contributed by atoms with van der Waals surface area (Å²) in [4.78, 5) is 9.82. The van der Waals surface area contributed by atoms with Crippen LogP contribution in [0.25, 0.3) is 5.57 Å². The largest absolute Gasteiger partial charge is 0.378 e. The lowest BCUT2D eigenvalue weighted by atomic mass is 9.99. The molecular weight excluding hydrogens is 310 g/mol. The van der Waals surface area contributed by atoms with Crippen molar-refractivity contribution in [2.24, 2.45) is 0 Å². The highest BCUT2D eigenvalue weighted by Gasteiger charge is 2.23. The Kier molecular flexibility index (Phi) is 4.81. The molecule has 1 aromatic carbocycles. The van der Waals surface area contributed by atoms with E-state index in [1.807, 2.05) is 0 Å². The van der Waals surface area contributed by atoms with Crippen molar-refractivity contribution in [1.82, 2.24) is 9.88 Å². The molecule has 2 aliphatic rings. The van der Waals surface area contributed by atoms with Crippen LogP contribution in [0.15, 0.2) is 48.5 Å². The lowest BCUT2D eigenvalue weighted by Crippen LogP contribution is -2.37. The van der Waals surface area contributed by atoms with E-state index >= 15 is 0 Å². The van der Waals surface area contributed by atoms with Gasteiger partial charge >= 0.3 is 0 Å². The number of fused-ring (bicyclic) bond motifs is 1. The highest BCUT2D eigenvalue weighted by atomic mass is 16.5. The average Bonchev–Trinajstić information content (AvgIpc) is 2.68. The van der Waals surface area contributed by atoms with Crippen molar-refractivity contribution in [3.8, 4) is 0 Å². The van der Waals surface area contributed by atoms with Crippen LogP contribution >= 0.6 is 0 Å². The van der Waals surface area contributed by atoms with Gasteiger partial charge in [-0.2, -0.15) is 0 Å². The summed E-state index contributed by atoms with van der Waals surface area (Å²) < 4.78 is 5.46. The molecule has 2 aliphatic heterocycles. The molecule has 130 valence electrons. The van der Waals surface area contributed by atoms with Crippen LogP contribution in [0.1, 0.15) is 23.7 Å². The van der Waals surface area contributed by atoms with Crippen molar-refractivity contribution in [1.29, 1.82) is 0 Å². The van der Waals surface area contributed by atoms with E-state index in [2.05, 4.69) is 65.3 Å². The number of rotatable bonds is 3. The zero-order valence-corrected chi connectivity index (χ0v) is 14.8. The fourth-order valence-corrected chi connectivity index (χ4v) is 3.65. The average molecular weight is 335 g/mol. The lowest BCUT2D eigenvalue weighted by Gasteiger charge is -2.32. The summed E-state index contributed by atoms with van der Waals surface area (Å²) in [6, 6.07) is 15.1. The van der Waals surface area contributed by atoms with Crippen LogP contribution in [0.5, 0.6) is 0 Å². The van der Waals surface area contributed by atoms with E-state index in [1.165, 1.54) is 22.4 Å². The molecule has 1 fully saturated rings. The maximum absolute atomic E-state index is 5.46. The Balaban J connectivity index is 1.56. The SMILES string of the molecule is CC=C1CN(Cc2ccccc2)Cc2ccc(N3CCOCC3)nc21. The number of allylic oxidation sites excluding steroid dienone is 1. The third-order valence-corrected chi connectivity index (χ3v) is 4.99. The molecule has 0 bridgehead atoms. The minimum atomic E-state index is 0.792. The molecule has 1 aromatic heterocycles. The fraction of sp³-hybridized carbons (Fsp3) is 0.381. The quantitative estimate of drug-likeness (QED) is 0.860. The second-order valence-electron chi connectivity index (χ2n) is 6.72. The number of nitrogens with zero attached hydrogens (tertiary/aromatic N) is 3. The Morgan fingerprint density at radius 1 is 1.04 bits per heavy atom. The zero-order chi connectivity index (χ0) is 17.1. The van der Waals surface area contributed by atoms with Gasteiger partial charge in [0.1, 0.15) is 5.82 Å². The molecule has 0 unspecified atom stereocenters. The van der Waals surface area contributed by atoms with Gasteiger partial charge in [0.05, 0.1) is 18.9 Å². The number of morpholine rings is 1. The van der Waals surface area contributed by atoms with E-state index in [0.717, 1.165) is 51.8 Å². The second kappa shape index (κ2) is 7.38. The summed E-state index contributed by atoms with van der Waals surface area (Å²) in [6.07, 6.45) is 2.21. The van der Waals surface area contributed by atoms with Gasteiger partial charge in [-0.1, -0.05) is 42.5 Å². The van der Waals surface area contributed by atoms with Crippen LogP contribution in [-0.4, -0.2) is 42.7 Å². The zero-order valence-electron chi connectivity index (χ0n) is 14.8. The normalized spacial score (nSPS) is 19.9. The first-order chi connectivity index (χ1) is 12.3. The number of anilines is 1. The first-order valence-corrected chi connectivity index (χ1v) is 9.08. The summed E-state index contributed by atoms with van der Waals surface area (Å²) in [5.41, 5.74) is 5.19. The molecule has 1 saturated heterocycles. The minimum Gasteiger partial charge on any atom is -0.378 e. The molecule has 4 rings (SSSR count). The van der Waals surface area contributed by atoms with Gasteiger partial charge in [-0.3, -0.25) is 4.90 Å². The van der Waals surface area contributed by atoms with Crippen LogP contribution in [0, 0.1) is 0 Å². The van der Waals surface area contributed by atoms with Crippen LogP contribution in [0.2, 0.25) is 0 Å². The van der Waals surface area contributed by atoms with E-state index in [1.54, 1.807) is 0 Å². The molecule has 4 heteroatoms. The number of benzene rings is 1. The van der Waals surface area contributed by atoms with Gasteiger partial charge < -0.3 is 9.64 Å². The van der Waals surface area contributed by atoms with Gasteiger partial charge in [-0.05, 0) is 29.7 Å². The third kappa shape index (κ3) is 3.60.